The minimum atomic E-state index is -3.62. The first-order chi connectivity index (χ1) is 11.4. The third kappa shape index (κ3) is 2.59. The smallest absolute Gasteiger partial charge is 0.249 e. The van der Waals surface area contributed by atoms with Crippen molar-refractivity contribution < 1.29 is 18.0 Å². The van der Waals surface area contributed by atoms with Crippen LogP contribution in [-0.4, -0.2) is 48.9 Å². The van der Waals surface area contributed by atoms with Crippen LogP contribution < -0.4 is 0 Å². The Morgan fingerprint density at radius 3 is 2.50 bits per heavy atom. The maximum atomic E-state index is 12.6. The van der Waals surface area contributed by atoms with Crippen LogP contribution in [0, 0.1) is 17.2 Å². The van der Waals surface area contributed by atoms with E-state index in [9.17, 15) is 13.2 Å². The van der Waals surface area contributed by atoms with Crippen molar-refractivity contribution in [1.29, 1.82) is 5.26 Å². The molecule has 3 fully saturated rings. The van der Waals surface area contributed by atoms with Gasteiger partial charge in [-0.15, -0.1) is 0 Å². The first-order valence-electron chi connectivity index (χ1n) is 7.92. The lowest BCUT2D eigenvalue weighted by atomic mass is 9.94. The predicted molar refractivity (Wildman–Crippen MR) is 82.8 cm³/mol. The minimum absolute atomic E-state index is 0.0580. The molecule has 0 aromatic heterocycles. The lowest BCUT2D eigenvalue weighted by Gasteiger charge is -2.44. The van der Waals surface area contributed by atoms with Gasteiger partial charge in [0, 0.05) is 13.1 Å². The van der Waals surface area contributed by atoms with Gasteiger partial charge in [-0.3, -0.25) is 9.63 Å². The van der Waals surface area contributed by atoms with Crippen molar-refractivity contribution >= 4 is 15.9 Å². The summed E-state index contributed by atoms with van der Waals surface area (Å²) in [6, 6.07) is 7.78. The highest BCUT2D eigenvalue weighted by Gasteiger charge is 2.57. The van der Waals surface area contributed by atoms with Gasteiger partial charge in [-0.05, 0) is 43.0 Å². The molecule has 8 heteroatoms. The fourth-order valence-corrected chi connectivity index (χ4v) is 4.73. The Balaban J connectivity index is 1.44. The van der Waals surface area contributed by atoms with Crippen LogP contribution in [-0.2, 0) is 19.7 Å². The van der Waals surface area contributed by atoms with Gasteiger partial charge in [-0.1, -0.05) is 0 Å². The lowest BCUT2D eigenvalue weighted by Crippen LogP contribution is -2.63. The molecule has 126 valence electrons. The summed E-state index contributed by atoms with van der Waals surface area (Å²) >= 11 is 0. The van der Waals surface area contributed by atoms with Crippen molar-refractivity contribution in [3.05, 3.63) is 29.8 Å². The van der Waals surface area contributed by atoms with Crippen LogP contribution in [0.25, 0.3) is 0 Å². The lowest BCUT2D eigenvalue weighted by molar-refractivity contribution is -0.225. The van der Waals surface area contributed by atoms with Gasteiger partial charge < -0.3 is 0 Å². The average Bonchev–Trinajstić information content (AvgIpc) is 3.28. The molecule has 24 heavy (non-hydrogen) atoms. The second kappa shape index (κ2) is 5.28. The summed E-state index contributed by atoms with van der Waals surface area (Å²) in [6.07, 6.45) is 2.48. The molecule has 7 nitrogen and oxygen atoms in total. The van der Waals surface area contributed by atoms with E-state index in [1.165, 1.54) is 33.6 Å². The van der Waals surface area contributed by atoms with Crippen LogP contribution in [0.2, 0.25) is 0 Å². The minimum Gasteiger partial charge on any atom is -0.272 e. The number of carbonyl (C=O) groups excluding carboxylic acids is 1. The Hall–Kier alpha value is -1.95. The predicted octanol–water partition coefficient (Wildman–Crippen LogP) is 0.875. The summed E-state index contributed by atoms with van der Waals surface area (Å²) in [6.45, 7) is 0.980. The molecule has 0 atom stereocenters. The Morgan fingerprint density at radius 1 is 1.25 bits per heavy atom. The highest BCUT2D eigenvalue weighted by atomic mass is 32.2. The molecular weight excluding hydrogens is 330 g/mol. The Bertz CT molecular complexity index is 818. The Kier molecular flexibility index (Phi) is 3.42. The van der Waals surface area contributed by atoms with Gasteiger partial charge in [0.15, 0.2) is 0 Å². The summed E-state index contributed by atoms with van der Waals surface area (Å²) in [5.41, 5.74) is -0.291. The van der Waals surface area contributed by atoms with E-state index >= 15 is 0 Å². The van der Waals surface area contributed by atoms with E-state index < -0.39 is 15.6 Å². The SMILES string of the molecule is N#Cc1ccc(S(=O)(=O)N2CC3(CC(=O)N(CC4CC4)O3)C2)cc1. The zero-order valence-electron chi connectivity index (χ0n) is 13.0. The van der Waals surface area contributed by atoms with Crippen molar-refractivity contribution in [2.45, 2.75) is 29.8 Å². The summed E-state index contributed by atoms with van der Waals surface area (Å²) in [5.74, 6) is 0.472. The number of hydrogen-bond donors (Lipinski definition) is 0. The van der Waals surface area contributed by atoms with Gasteiger partial charge in [0.1, 0.15) is 5.60 Å². The van der Waals surface area contributed by atoms with E-state index in [1.807, 2.05) is 6.07 Å². The molecule has 1 spiro atoms. The third-order valence-corrected chi connectivity index (χ3v) is 6.53. The van der Waals surface area contributed by atoms with Gasteiger partial charge in [0.25, 0.3) is 0 Å². The molecule has 1 aromatic carbocycles. The Morgan fingerprint density at radius 2 is 1.92 bits per heavy atom. The van der Waals surface area contributed by atoms with E-state index in [0.717, 1.165) is 12.8 Å². The van der Waals surface area contributed by atoms with Gasteiger partial charge in [0.2, 0.25) is 15.9 Å². The highest BCUT2D eigenvalue weighted by molar-refractivity contribution is 7.89. The first-order valence-corrected chi connectivity index (χ1v) is 9.36. The number of nitriles is 1. The molecule has 2 saturated heterocycles. The largest absolute Gasteiger partial charge is 0.272 e. The molecule has 0 N–H and O–H groups in total. The molecule has 3 aliphatic rings. The fourth-order valence-electron chi connectivity index (χ4n) is 3.14. The number of carbonyl (C=O) groups is 1. The van der Waals surface area contributed by atoms with Crippen molar-refractivity contribution in [3.8, 4) is 6.07 Å². The van der Waals surface area contributed by atoms with E-state index in [1.54, 1.807) is 0 Å². The molecule has 4 rings (SSSR count). The van der Waals surface area contributed by atoms with E-state index in [0.29, 0.717) is 18.0 Å². The van der Waals surface area contributed by atoms with Crippen molar-refractivity contribution in [1.82, 2.24) is 9.37 Å². The number of hydroxylamine groups is 2. The molecule has 1 saturated carbocycles. The summed E-state index contributed by atoms with van der Waals surface area (Å²) < 4.78 is 26.5. The van der Waals surface area contributed by atoms with Crippen molar-refractivity contribution in [3.63, 3.8) is 0 Å². The molecule has 1 aliphatic carbocycles. The molecule has 1 amide bonds. The first kappa shape index (κ1) is 15.6. The molecular formula is C16H17N3O4S. The average molecular weight is 347 g/mol. The van der Waals surface area contributed by atoms with Crippen molar-refractivity contribution in [2.24, 2.45) is 5.92 Å². The Labute approximate surface area is 140 Å². The standard InChI is InChI=1S/C16H17N3O4S/c17-8-12-3-5-14(6-4-12)24(21,22)18-10-16(11-18)7-15(20)19(23-16)9-13-1-2-13/h3-6,13H,1-2,7,9-11H2. The second-order valence-corrected chi connectivity index (χ2v) is 8.70. The van der Waals surface area contributed by atoms with Gasteiger partial charge >= 0.3 is 0 Å². The van der Waals surface area contributed by atoms with Crippen LogP contribution in [0.1, 0.15) is 24.8 Å². The third-order valence-electron chi connectivity index (χ3n) is 4.73. The number of benzene rings is 1. The summed E-state index contributed by atoms with van der Waals surface area (Å²) in [5, 5.41) is 10.2. The van der Waals surface area contributed by atoms with E-state index in [-0.39, 0.29) is 30.3 Å². The monoisotopic (exact) mass is 347 g/mol. The zero-order chi connectivity index (χ0) is 16.9. The van der Waals surface area contributed by atoms with Crippen LogP contribution in [0.15, 0.2) is 29.2 Å². The normalized spacial score (nSPS) is 23.3. The van der Waals surface area contributed by atoms with E-state index in [4.69, 9.17) is 10.1 Å². The van der Waals surface area contributed by atoms with E-state index in [2.05, 4.69) is 0 Å². The molecule has 0 radical (unpaired) electrons. The molecule has 0 bridgehead atoms. The number of rotatable bonds is 4. The van der Waals surface area contributed by atoms with Crippen molar-refractivity contribution in [2.75, 3.05) is 19.6 Å². The maximum absolute atomic E-state index is 12.6. The van der Waals surface area contributed by atoms with Gasteiger partial charge in [-0.25, -0.2) is 13.5 Å². The van der Waals surface area contributed by atoms with Crippen LogP contribution in [0.3, 0.4) is 0 Å². The fraction of sp³-hybridized carbons (Fsp3) is 0.500. The quantitative estimate of drug-likeness (QED) is 0.806. The number of sulfonamides is 1. The maximum Gasteiger partial charge on any atom is 0.249 e. The number of hydrogen-bond acceptors (Lipinski definition) is 5. The molecule has 2 heterocycles. The number of amides is 1. The topological polar surface area (TPSA) is 90.7 Å². The molecule has 0 unspecified atom stereocenters. The summed E-state index contributed by atoms with van der Waals surface area (Å²) in [7, 11) is -3.62. The molecule has 1 aromatic rings. The van der Waals surface area contributed by atoms with Crippen LogP contribution >= 0.6 is 0 Å². The van der Waals surface area contributed by atoms with Gasteiger partial charge in [0.05, 0.1) is 29.5 Å². The van der Waals surface area contributed by atoms with Crippen LogP contribution in [0.5, 0.6) is 0 Å². The highest BCUT2D eigenvalue weighted by Crippen LogP contribution is 2.40. The van der Waals surface area contributed by atoms with Gasteiger partial charge in [-0.2, -0.15) is 9.57 Å². The zero-order valence-corrected chi connectivity index (χ0v) is 13.8. The second-order valence-electron chi connectivity index (χ2n) is 6.76. The summed E-state index contributed by atoms with van der Waals surface area (Å²) in [4.78, 5) is 18.0. The molecule has 2 aliphatic heterocycles. The van der Waals surface area contributed by atoms with Crippen LogP contribution in [0.4, 0.5) is 0 Å². The number of nitrogens with zero attached hydrogens (tertiary/aromatic N) is 3.